The van der Waals surface area contributed by atoms with E-state index in [9.17, 15) is 0 Å². The molecule has 1 atom stereocenters. The van der Waals surface area contributed by atoms with Crippen LogP contribution in [-0.4, -0.2) is 6.10 Å². The molecule has 0 bridgehead atoms. The number of allylic oxidation sites excluding steroid dienone is 7. The van der Waals surface area contributed by atoms with Crippen LogP contribution in [0.3, 0.4) is 0 Å². The number of hydrogen-bond acceptors (Lipinski definition) is 1. The lowest BCUT2D eigenvalue weighted by Gasteiger charge is -2.20. The van der Waals surface area contributed by atoms with Gasteiger partial charge in [0.1, 0.15) is 5.76 Å². The maximum atomic E-state index is 6.34. The molecule has 0 amide bonds. The quantitative estimate of drug-likeness (QED) is 0.252. The minimum atomic E-state index is 0.186. The smallest absolute Gasteiger partial charge is 0.129 e. The first kappa shape index (κ1) is 23.7. The van der Waals surface area contributed by atoms with Gasteiger partial charge in [-0.1, -0.05) is 67.3 Å². The van der Waals surface area contributed by atoms with Crippen LogP contribution in [-0.2, 0) is 11.2 Å². The normalized spacial score (nSPS) is 16.7. The van der Waals surface area contributed by atoms with Crippen LogP contribution in [0, 0.1) is 0 Å². The Kier molecular flexibility index (Phi) is 10.6. The van der Waals surface area contributed by atoms with Gasteiger partial charge in [0, 0.05) is 0 Å². The highest BCUT2D eigenvalue weighted by molar-refractivity contribution is 9.12. The second-order valence-corrected chi connectivity index (χ2v) is 9.08. The summed E-state index contributed by atoms with van der Waals surface area (Å²) >= 11 is 3.80. The van der Waals surface area contributed by atoms with Crippen LogP contribution >= 0.6 is 15.9 Å². The van der Waals surface area contributed by atoms with Crippen molar-refractivity contribution in [3.8, 4) is 0 Å². The minimum absolute atomic E-state index is 0.186. The first-order chi connectivity index (χ1) is 14.0. The number of unbranched alkanes of at least 4 members (excludes halogenated alkanes) is 2. The third-order valence-corrected chi connectivity index (χ3v) is 6.08. The summed E-state index contributed by atoms with van der Waals surface area (Å²) in [6, 6.07) is 10.7. The first-order valence-corrected chi connectivity index (χ1v) is 11.9. The van der Waals surface area contributed by atoms with Crippen LogP contribution in [0.15, 0.2) is 75.5 Å². The summed E-state index contributed by atoms with van der Waals surface area (Å²) in [4.78, 5) is 0. The van der Waals surface area contributed by atoms with Crippen LogP contribution in [0.25, 0.3) is 0 Å². The molecule has 158 valence electrons. The van der Waals surface area contributed by atoms with E-state index in [0.717, 1.165) is 42.3 Å². The summed E-state index contributed by atoms with van der Waals surface area (Å²) in [6.45, 7) is 8.95. The highest BCUT2D eigenvalue weighted by atomic mass is 79.9. The number of hydrogen-bond donors (Lipinski definition) is 0. The Morgan fingerprint density at radius 1 is 1.24 bits per heavy atom. The zero-order valence-corrected chi connectivity index (χ0v) is 20.2. The summed E-state index contributed by atoms with van der Waals surface area (Å²) in [6.07, 6.45) is 16.0. The molecule has 0 spiro atoms. The molecule has 1 unspecified atom stereocenters. The maximum Gasteiger partial charge on any atom is 0.129 e. The fourth-order valence-electron chi connectivity index (χ4n) is 3.55. The van der Waals surface area contributed by atoms with Crippen molar-refractivity contribution in [1.29, 1.82) is 0 Å². The van der Waals surface area contributed by atoms with E-state index < -0.39 is 0 Å². The number of ether oxygens (including phenoxy) is 1. The van der Waals surface area contributed by atoms with Crippen molar-refractivity contribution in [2.45, 2.75) is 85.2 Å². The van der Waals surface area contributed by atoms with Crippen LogP contribution in [0.4, 0.5) is 0 Å². The predicted octanol–water partition coefficient (Wildman–Crippen LogP) is 8.82. The van der Waals surface area contributed by atoms with Crippen LogP contribution < -0.4 is 0 Å². The highest BCUT2D eigenvalue weighted by Crippen LogP contribution is 2.31. The van der Waals surface area contributed by atoms with Crippen molar-refractivity contribution < 1.29 is 4.74 Å². The van der Waals surface area contributed by atoms with Gasteiger partial charge in [0.05, 0.1) is 10.6 Å². The average Bonchev–Trinajstić information content (AvgIpc) is 2.71. The Labute approximate surface area is 186 Å². The fourth-order valence-corrected chi connectivity index (χ4v) is 4.08. The molecule has 1 aromatic rings. The number of benzene rings is 1. The fraction of sp³-hybridized carbons (Fsp3) is 0.481. The van der Waals surface area contributed by atoms with Crippen molar-refractivity contribution >= 4 is 15.9 Å². The number of rotatable bonds is 10. The lowest BCUT2D eigenvalue weighted by atomic mass is 9.95. The summed E-state index contributed by atoms with van der Waals surface area (Å²) in [7, 11) is 0. The minimum Gasteiger partial charge on any atom is -0.490 e. The zero-order chi connectivity index (χ0) is 21.1. The first-order valence-electron chi connectivity index (χ1n) is 11.1. The molecule has 0 saturated heterocycles. The van der Waals surface area contributed by atoms with E-state index in [1.165, 1.54) is 41.5 Å². The van der Waals surface area contributed by atoms with Crippen LogP contribution in [0.2, 0.25) is 0 Å². The van der Waals surface area contributed by atoms with E-state index in [2.05, 4.69) is 92.2 Å². The Morgan fingerprint density at radius 2 is 2.00 bits per heavy atom. The maximum absolute atomic E-state index is 6.34. The van der Waals surface area contributed by atoms with E-state index in [1.54, 1.807) is 0 Å². The molecular weight excluding hydrogens is 420 g/mol. The molecule has 2 rings (SSSR count). The Hall–Kier alpha value is -1.54. The van der Waals surface area contributed by atoms with E-state index in [-0.39, 0.29) is 6.10 Å². The summed E-state index contributed by atoms with van der Waals surface area (Å²) in [5, 5.41) is 0. The largest absolute Gasteiger partial charge is 0.490 e. The van der Waals surface area contributed by atoms with E-state index in [1.807, 2.05) is 0 Å². The van der Waals surface area contributed by atoms with Gasteiger partial charge in [0.15, 0.2) is 0 Å². The van der Waals surface area contributed by atoms with Gasteiger partial charge in [0.2, 0.25) is 0 Å². The lowest BCUT2D eigenvalue weighted by molar-refractivity contribution is 0.132. The molecule has 29 heavy (non-hydrogen) atoms. The Balaban J connectivity index is 1.99. The molecule has 0 aromatic heterocycles. The van der Waals surface area contributed by atoms with Crippen molar-refractivity contribution in [3.63, 3.8) is 0 Å². The Morgan fingerprint density at radius 3 is 2.72 bits per heavy atom. The summed E-state index contributed by atoms with van der Waals surface area (Å²) in [5.41, 5.74) is 5.74. The molecule has 2 heteroatoms. The van der Waals surface area contributed by atoms with Crippen molar-refractivity contribution in [2.24, 2.45) is 0 Å². The van der Waals surface area contributed by atoms with Gasteiger partial charge < -0.3 is 4.74 Å². The van der Waals surface area contributed by atoms with Gasteiger partial charge in [-0.3, -0.25) is 0 Å². The number of halogens is 1. The van der Waals surface area contributed by atoms with Crippen molar-refractivity contribution in [1.82, 2.24) is 0 Å². The van der Waals surface area contributed by atoms with Gasteiger partial charge in [0.25, 0.3) is 0 Å². The van der Waals surface area contributed by atoms with E-state index in [0.29, 0.717) is 0 Å². The number of aryl methyl sites for hydroxylation is 1. The molecule has 0 fully saturated rings. The second kappa shape index (κ2) is 12.9. The second-order valence-electron chi connectivity index (χ2n) is 8.23. The van der Waals surface area contributed by atoms with Crippen LogP contribution in [0.5, 0.6) is 0 Å². The molecule has 0 saturated carbocycles. The van der Waals surface area contributed by atoms with Gasteiger partial charge in [-0.25, -0.2) is 0 Å². The molecule has 1 aliphatic carbocycles. The summed E-state index contributed by atoms with van der Waals surface area (Å²) < 4.78 is 7.41. The monoisotopic (exact) mass is 456 g/mol. The van der Waals surface area contributed by atoms with Gasteiger partial charge >= 0.3 is 0 Å². The highest BCUT2D eigenvalue weighted by Gasteiger charge is 2.13. The Bertz CT molecular complexity index is 752. The molecule has 1 aromatic carbocycles. The summed E-state index contributed by atoms with van der Waals surface area (Å²) in [5.74, 6) is 0.989. The van der Waals surface area contributed by atoms with Crippen molar-refractivity contribution in [2.75, 3.05) is 0 Å². The molecule has 0 heterocycles. The van der Waals surface area contributed by atoms with Gasteiger partial charge in [-0.2, -0.15) is 0 Å². The molecule has 1 nitrogen and oxygen atoms in total. The molecule has 1 aliphatic rings. The third-order valence-electron chi connectivity index (χ3n) is 5.46. The van der Waals surface area contributed by atoms with Crippen LogP contribution in [0.1, 0.15) is 78.2 Å². The molecule has 0 aliphatic heterocycles. The van der Waals surface area contributed by atoms with E-state index in [4.69, 9.17) is 4.74 Å². The lowest BCUT2D eigenvalue weighted by Crippen LogP contribution is -2.10. The molecule has 0 N–H and O–H groups in total. The van der Waals surface area contributed by atoms with Gasteiger partial charge in [-0.15, -0.1) is 0 Å². The molecule has 0 radical (unpaired) electrons. The van der Waals surface area contributed by atoms with Gasteiger partial charge in [-0.05, 0) is 98.5 Å². The van der Waals surface area contributed by atoms with Crippen molar-refractivity contribution in [3.05, 3.63) is 81.1 Å². The third kappa shape index (κ3) is 8.78. The average molecular weight is 457 g/mol. The predicted molar refractivity (Wildman–Crippen MR) is 130 cm³/mol. The molecular formula is C27H37BrO. The zero-order valence-electron chi connectivity index (χ0n) is 18.6. The SMILES string of the molecule is CCCCC=C(C)CC1=C(C)CCC=C(OC(C)CCc2ccccc2)C(Br)=C1. The topological polar surface area (TPSA) is 9.23 Å². The van der Waals surface area contributed by atoms with E-state index >= 15 is 0 Å². The standard InChI is InChI=1S/C27H37BrO/c1-5-6-8-12-21(2)19-25-20-26(28)27(16-11-13-22(25)3)29-23(4)17-18-24-14-9-7-10-15-24/h7,9-10,12,14-16,20,23H,5-6,8,11,13,17-19H2,1-4H3.